The monoisotopic (exact) mass is 360 g/mol. The average Bonchev–Trinajstić information content (AvgIpc) is 2.47. The minimum absolute atomic E-state index is 0.101. The van der Waals surface area contributed by atoms with Gasteiger partial charge in [-0.15, -0.1) is 0 Å². The summed E-state index contributed by atoms with van der Waals surface area (Å²) in [6, 6.07) is 6.88. The van der Waals surface area contributed by atoms with Crippen LogP contribution >= 0.6 is 15.9 Å². The number of nitriles is 1. The van der Waals surface area contributed by atoms with Crippen LogP contribution in [0.25, 0.3) is 0 Å². The van der Waals surface area contributed by atoms with Gasteiger partial charge in [0.25, 0.3) is 0 Å². The van der Waals surface area contributed by atoms with Crippen LogP contribution in [0.5, 0.6) is 11.5 Å². The summed E-state index contributed by atoms with van der Waals surface area (Å²) in [6.45, 7) is 1.01. The van der Waals surface area contributed by atoms with Gasteiger partial charge in [0.2, 0.25) is 10.0 Å². The third-order valence-corrected chi connectivity index (χ3v) is 5.79. The number of alkyl halides is 1. The van der Waals surface area contributed by atoms with E-state index in [1.807, 2.05) is 6.07 Å². The number of benzene rings is 1. The lowest BCUT2D eigenvalue weighted by molar-refractivity contribution is 0.171. The minimum Gasteiger partial charge on any atom is -0.486 e. The number of nitrogens with zero attached hydrogens (tertiary/aromatic N) is 2. The second kappa shape index (κ2) is 6.33. The van der Waals surface area contributed by atoms with E-state index < -0.39 is 10.0 Å². The molecule has 1 aliphatic rings. The highest BCUT2D eigenvalue weighted by Crippen LogP contribution is 2.35. The summed E-state index contributed by atoms with van der Waals surface area (Å²) in [5.74, 6) is 1.11. The molecule has 1 aromatic carbocycles. The van der Waals surface area contributed by atoms with Crippen LogP contribution in [0.1, 0.15) is 6.42 Å². The lowest BCUT2D eigenvalue weighted by Gasteiger charge is -2.25. The Kier molecular flexibility index (Phi) is 4.73. The molecule has 0 fully saturated rings. The van der Waals surface area contributed by atoms with Crippen molar-refractivity contribution in [3.8, 4) is 17.6 Å². The van der Waals surface area contributed by atoms with Gasteiger partial charge in [-0.2, -0.15) is 5.26 Å². The number of rotatable bonds is 5. The highest BCUT2D eigenvalue weighted by Gasteiger charge is 2.23. The zero-order chi connectivity index (χ0) is 14.6. The van der Waals surface area contributed by atoms with Gasteiger partial charge in [-0.05, 0) is 12.1 Å². The van der Waals surface area contributed by atoms with Gasteiger partial charge < -0.3 is 9.47 Å². The molecule has 0 spiro atoms. The summed E-state index contributed by atoms with van der Waals surface area (Å²) in [7, 11) is -3.51. The Bertz CT molecular complexity index is 627. The van der Waals surface area contributed by atoms with Crippen molar-refractivity contribution in [2.24, 2.45) is 0 Å². The van der Waals surface area contributed by atoms with E-state index in [9.17, 15) is 8.42 Å². The fourth-order valence-electron chi connectivity index (χ4n) is 1.83. The molecular formula is C12H13BrN2O4S. The molecule has 1 heterocycles. The number of hydrogen-bond acceptors (Lipinski definition) is 5. The number of hydrogen-bond donors (Lipinski definition) is 0. The number of fused-ring (bicyclic) bond motifs is 1. The molecule has 0 aromatic heterocycles. The van der Waals surface area contributed by atoms with Crippen molar-refractivity contribution in [1.82, 2.24) is 0 Å². The van der Waals surface area contributed by atoms with E-state index in [2.05, 4.69) is 15.9 Å². The number of ether oxygens (including phenoxy) is 2. The first kappa shape index (κ1) is 14.9. The summed E-state index contributed by atoms with van der Waals surface area (Å²) in [5, 5.41) is 8.66. The van der Waals surface area contributed by atoms with Crippen LogP contribution in [-0.4, -0.2) is 32.8 Å². The Morgan fingerprint density at radius 2 is 2.00 bits per heavy atom. The Morgan fingerprint density at radius 1 is 1.30 bits per heavy atom. The van der Waals surface area contributed by atoms with Gasteiger partial charge in [-0.25, -0.2) is 8.42 Å². The molecule has 8 heteroatoms. The van der Waals surface area contributed by atoms with Gasteiger partial charge in [0.15, 0.2) is 11.5 Å². The van der Waals surface area contributed by atoms with E-state index in [0.29, 0.717) is 30.4 Å². The van der Waals surface area contributed by atoms with Gasteiger partial charge in [0.1, 0.15) is 17.9 Å². The van der Waals surface area contributed by atoms with Crippen molar-refractivity contribution in [2.45, 2.75) is 6.42 Å². The number of halogens is 1. The molecule has 108 valence electrons. The van der Waals surface area contributed by atoms with Crippen LogP contribution < -0.4 is 13.8 Å². The summed E-state index contributed by atoms with van der Waals surface area (Å²) in [5.41, 5.74) is 0.462. The smallest absolute Gasteiger partial charge is 0.245 e. The highest BCUT2D eigenvalue weighted by atomic mass is 79.9. The van der Waals surface area contributed by atoms with Crippen molar-refractivity contribution < 1.29 is 17.9 Å². The van der Waals surface area contributed by atoms with Crippen molar-refractivity contribution >= 4 is 31.6 Å². The molecular weight excluding hydrogens is 348 g/mol. The van der Waals surface area contributed by atoms with Crippen molar-refractivity contribution in [3.63, 3.8) is 0 Å². The molecule has 0 bridgehead atoms. The molecule has 20 heavy (non-hydrogen) atoms. The normalized spacial score (nSPS) is 13.6. The average molecular weight is 361 g/mol. The van der Waals surface area contributed by atoms with Crippen LogP contribution in [0.3, 0.4) is 0 Å². The molecule has 2 rings (SSSR count). The predicted octanol–water partition coefficient (Wildman–Crippen LogP) is 1.86. The number of sulfonamides is 1. The van der Waals surface area contributed by atoms with Crippen LogP contribution in [0, 0.1) is 11.3 Å². The van der Waals surface area contributed by atoms with Gasteiger partial charge in [-0.3, -0.25) is 4.31 Å². The summed E-state index contributed by atoms with van der Waals surface area (Å²) in [6.07, 6.45) is 0.112. The fraction of sp³-hybridized carbons (Fsp3) is 0.417. The van der Waals surface area contributed by atoms with E-state index in [1.165, 1.54) is 4.31 Å². The molecule has 0 saturated heterocycles. The minimum atomic E-state index is -3.51. The summed E-state index contributed by atoms with van der Waals surface area (Å²) < 4.78 is 36.0. The van der Waals surface area contributed by atoms with Crippen LogP contribution in [0.4, 0.5) is 5.69 Å². The lowest BCUT2D eigenvalue weighted by Crippen LogP contribution is -2.32. The van der Waals surface area contributed by atoms with Gasteiger partial charge in [-0.1, -0.05) is 15.9 Å². The van der Waals surface area contributed by atoms with Crippen LogP contribution in [0.2, 0.25) is 0 Å². The number of anilines is 1. The lowest BCUT2D eigenvalue weighted by atomic mass is 10.2. The molecule has 0 radical (unpaired) electrons. The zero-order valence-electron chi connectivity index (χ0n) is 10.6. The van der Waals surface area contributed by atoms with E-state index in [1.54, 1.807) is 18.2 Å². The molecule has 1 aromatic rings. The maximum absolute atomic E-state index is 12.1. The maximum Gasteiger partial charge on any atom is 0.245 e. The third kappa shape index (κ3) is 3.16. The zero-order valence-corrected chi connectivity index (χ0v) is 13.0. The van der Waals surface area contributed by atoms with E-state index in [4.69, 9.17) is 14.7 Å². The molecule has 0 saturated carbocycles. The van der Waals surface area contributed by atoms with Gasteiger partial charge in [0, 0.05) is 12.6 Å². The SMILES string of the molecule is N#CCCN(c1ccc2c(c1)OCCO2)S(=O)(=O)CBr. The van der Waals surface area contributed by atoms with E-state index >= 15 is 0 Å². The fourth-order valence-corrected chi connectivity index (χ4v) is 3.49. The first-order valence-corrected chi connectivity index (χ1v) is 8.64. The largest absolute Gasteiger partial charge is 0.486 e. The van der Waals surface area contributed by atoms with E-state index in [-0.39, 0.29) is 17.6 Å². The Hall–Kier alpha value is -1.46. The van der Waals surface area contributed by atoms with Crippen molar-refractivity contribution in [2.75, 3.05) is 28.7 Å². The Morgan fingerprint density at radius 3 is 2.65 bits per heavy atom. The highest BCUT2D eigenvalue weighted by molar-refractivity contribution is 9.10. The molecule has 6 nitrogen and oxygen atoms in total. The first-order valence-electron chi connectivity index (χ1n) is 5.91. The molecule has 0 atom stereocenters. The van der Waals surface area contributed by atoms with E-state index in [0.717, 1.165) is 0 Å². The molecule has 1 aliphatic heterocycles. The predicted molar refractivity (Wildman–Crippen MR) is 77.7 cm³/mol. The Balaban J connectivity index is 2.36. The van der Waals surface area contributed by atoms with Crippen molar-refractivity contribution in [1.29, 1.82) is 5.26 Å². The molecule has 0 unspecified atom stereocenters. The first-order chi connectivity index (χ1) is 9.58. The third-order valence-electron chi connectivity index (χ3n) is 2.71. The van der Waals surface area contributed by atoms with Crippen LogP contribution in [0.15, 0.2) is 18.2 Å². The summed E-state index contributed by atoms with van der Waals surface area (Å²) >= 11 is 2.97. The topological polar surface area (TPSA) is 79.6 Å². The maximum atomic E-state index is 12.1. The quantitative estimate of drug-likeness (QED) is 0.748. The summed E-state index contributed by atoms with van der Waals surface area (Å²) in [4.78, 5) is 0. The van der Waals surface area contributed by atoms with Crippen molar-refractivity contribution in [3.05, 3.63) is 18.2 Å². The molecule has 0 amide bonds. The second-order valence-electron chi connectivity index (χ2n) is 4.03. The van der Waals surface area contributed by atoms with Gasteiger partial charge in [0.05, 0.1) is 18.2 Å². The van der Waals surface area contributed by atoms with Gasteiger partial charge >= 0.3 is 0 Å². The molecule has 0 N–H and O–H groups in total. The molecule has 0 aliphatic carbocycles. The van der Waals surface area contributed by atoms with Crippen LogP contribution in [-0.2, 0) is 10.0 Å². The standard InChI is InChI=1S/C12H13BrN2O4S/c13-9-20(16,17)15(5-1-4-14)10-2-3-11-12(8-10)19-7-6-18-11/h2-3,8H,1,5-7,9H2. The second-order valence-corrected chi connectivity index (χ2v) is 7.23. The Labute approximate surface area is 126 Å².